The summed E-state index contributed by atoms with van der Waals surface area (Å²) in [5.41, 5.74) is 0. The molecule has 0 aromatic rings. The average Bonchev–Trinajstić information content (AvgIpc) is 2.02. The Kier molecular flexibility index (Phi) is 9.07. The summed E-state index contributed by atoms with van der Waals surface area (Å²) in [6.07, 6.45) is 7.62. The molecule has 0 saturated carbocycles. The van der Waals surface area contributed by atoms with E-state index in [1.54, 1.807) is 0 Å². The van der Waals surface area contributed by atoms with Crippen molar-refractivity contribution in [1.82, 2.24) is 5.32 Å². The molecule has 0 atom stereocenters. The molecule has 0 saturated heterocycles. The summed E-state index contributed by atoms with van der Waals surface area (Å²) in [5.74, 6) is 0. The monoisotopic (exact) mass is 236 g/mol. The van der Waals surface area contributed by atoms with Crippen LogP contribution < -0.4 is 5.32 Å². The van der Waals surface area contributed by atoms with E-state index in [-0.39, 0.29) is 4.81 Å². The minimum absolute atomic E-state index is 0.0384. The van der Waals surface area contributed by atoms with Crippen molar-refractivity contribution in [1.29, 1.82) is 0 Å². The molecule has 0 fully saturated rings. The van der Waals surface area contributed by atoms with Crippen molar-refractivity contribution in [2.45, 2.75) is 45.4 Å². The normalized spacial score (nSPS) is 9.75. The molecule has 0 unspecified atom stereocenters. The van der Waals surface area contributed by atoms with E-state index in [2.05, 4.69) is 28.3 Å². The van der Waals surface area contributed by atoms with Crippen molar-refractivity contribution in [2.24, 2.45) is 0 Å². The van der Waals surface area contributed by atoms with Gasteiger partial charge in [0.25, 0.3) is 0 Å². The summed E-state index contributed by atoms with van der Waals surface area (Å²) >= 11 is 2.40. The zero-order valence-corrected chi connectivity index (χ0v) is 9.48. The number of amides is 1. The molecular weight excluding hydrogens is 217 g/mol. The molecule has 0 aromatic carbocycles. The molecule has 0 aliphatic heterocycles. The summed E-state index contributed by atoms with van der Waals surface area (Å²) in [5, 5.41) is 2.74. The molecular formula is C9H18NOSe-. The van der Waals surface area contributed by atoms with Crippen molar-refractivity contribution in [3.8, 4) is 0 Å². The van der Waals surface area contributed by atoms with E-state index in [1.165, 1.54) is 32.1 Å². The SMILES string of the molecule is CCCCCCCCNC(=O)[Se-]. The van der Waals surface area contributed by atoms with Crippen molar-refractivity contribution in [3.63, 3.8) is 0 Å². The molecule has 0 radical (unpaired) electrons. The van der Waals surface area contributed by atoms with Gasteiger partial charge < -0.3 is 0 Å². The fraction of sp³-hybridized carbons (Fsp3) is 0.889. The van der Waals surface area contributed by atoms with Crippen LogP contribution in [0.1, 0.15) is 45.4 Å². The van der Waals surface area contributed by atoms with Crippen molar-refractivity contribution >= 4 is 20.8 Å². The molecule has 0 bridgehead atoms. The summed E-state index contributed by atoms with van der Waals surface area (Å²) < 4.78 is 0. The molecule has 0 heterocycles. The molecule has 0 rings (SSSR count). The van der Waals surface area contributed by atoms with E-state index in [1.807, 2.05) is 0 Å². The second-order valence-electron chi connectivity index (χ2n) is 2.98. The number of carbonyl (C=O) groups excluding carboxylic acids is 1. The van der Waals surface area contributed by atoms with Gasteiger partial charge in [0, 0.05) is 0 Å². The Balaban J connectivity index is 2.86. The molecule has 1 N–H and O–H groups in total. The van der Waals surface area contributed by atoms with Gasteiger partial charge in [-0.3, -0.25) is 0 Å². The van der Waals surface area contributed by atoms with Gasteiger partial charge >= 0.3 is 82.9 Å². The fourth-order valence-electron chi connectivity index (χ4n) is 1.10. The third-order valence-corrected chi connectivity index (χ3v) is 2.10. The van der Waals surface area contributed by atoms with E-state index in [9.17, 15) is 4.79 Å². The Morgan fingerprint density at radius 2 is 1.75 bits per heavy atom. The van der Waals surface area contributed by atoms with Crippen molar-refractivity contribution in [2.75, 3.05) is 6.54 Å². The predicted octanol–water partition coefficient (Wildman–Crippen LogP) is 2.23. The Morgan fingerprint density at radius 1 is 1.17 bits per heavy atom. The predicted molar refractivity (Wildman–Crippen MR) is 52.5 cm³/mol. The average molecular weight is 235 g/mol. The van der Waals surface area contributed by atoms with Crippen LogP contribution in [0.4, 0.5) is 4.79 Å². The molecule has 0 spiro atoms. The molecule has 72 valence electrons. The van der Waals surface area contributed by atoms with Gasteiger partial charge in [0.1, 0.15) is 0 Å². The molecule has 0 aliphatic rings. The van der Waals surface area contributed by atoms with Gasteiger partial charge in [0.15, 0.2) is 0 Å². The van der Waals surface area contributed by atoms with Gasteiger partial charge in [-0.25, -0.2) is 0 Å². The van der Waals surface area contributed by atoms with E-state index in [0.29, 0.717) is 0 Å². The zero-order chi connectivity index (χ0) is 9.23. The maximum atomic E-state index is 10.4. The van der Waals surface area contributed by atoms with Crippen LogP contribution in [0.3, 0.4) is 0 Å². The van der Waals surface area contributed by atoms with Crippen LogP contribution in [0.5, 0.6) is 0 Å². The van der Waals surface area contributed by atoms with Crippen LogP contribution in [0.2, 0.25) is 0 Å². The maximum absolute atomic E-state index is 10.4. The number of carbonyl (C=O) groups is 1. The minimum atomic E-state index is -0.0384. The Morgan fingerprint density at radius 3 is 2.33 bits per heavy atom. The third-order valence-electron chi connectivity index (χ3n) is 1.80. The van der Waals surface area contributed by atoms with Crippen LogP contribution in [0, 0.1) is 0 Å². The number of rotatable bonds is 7. The first kappa shape index (κ1) is 12.0. The van der Waals surface area contributed by atoms with E-state index in [0.717, 1.165) is 13.0 Å². The van der Waals surface area contributed by atoms with Gasteiger partial charge in [-0.05, 0) is 0 Å². The van der Waals surface area contributed by atoms with Crippen molar-refractivity contribution in [3.05, 3.63) is 0 Å². The quantitative estimate of drug-likeness (QED) is 0.532. The van der Waals surface area contributed by atoms with E-state index in [4.69, 9.17) is 0 Å². The van der Waals surface area contributed by atoms with Gasteiger partial charge in [0.05, 0.1) is 0 Å². The first-order valence-electron chi connectivity index (χ1n) is 4.72. The Hall–Kier alpha value is -0.0105. The second-order valence-corrected chi connectivity index (χ2v) is 3.76. The van der Waals surface area contributed by atoms with Crippen LogP contribution in [0.25, 0.3) is 0 Å². The summed E-state index contributed by atoms with van der Waals surface area (Å²) in [6, 6.07) is 0. The van der Waals surface area contributed by atoms with Gasteiger partial charge in [-0.15, -0.1) is 0 Å². The van der Waals surface area contributed by atoms with Gasteiger partial charge in [-0.1, -0.05) is 0 Å². The van der Waals surface area contributed by atoms with Crippen LogP contribution in [-0.2, 0) is 0 Å². The van der Waals surface area contributed by atoms with Crippen molar-refractivity contribution < 1.29 is 4.79 Å². The standard InChI is InChI=1S/C9H19NOSe/c1-2-3-4-5-6-7-8-10-9(11)12/h2-8H2,1H3,(H2,10,11,12)/p-1. The fourth-order valence-corrected chi connectivity index (χ4v) is 1.31. The van der Waals surface area contributed by atoms with Gasteiger partial charge in [-0.2, -0.15) is 0 Å². The Bertz CT molecular complexity index is 117. The topological polar surface area (TPSA) is 29.1 Å². The number of unbranched alkanes of at least 4 members (excludes halogenated alkanes) is 5. The molecule has 12 heavy (non-hydrogen) atoms. The molecule has 3 heteroatoms. The van der Waals surface area contributed by atoms with Crippen LogP contribution >= 0.6 is 0 Å². The van der Waals surface area contributed by atoms with E-state index < -0.39 is 0 Å². The van der Waals surface area contributed by atoms with E-state index >= 15 is 0 Å². The number of hydrogen-bond acceptors (Lipinski definition) is 1. The Labute approximate surface area is 83.3 Å². The third kappa shape index (κ3) is 9.99. The van der Waals surface area contributed by atoms with Gasteiger partial charge in [0.2, 0.25) is 0 Å². The summed E-state index contributed by atoms with van der Waals surface area (Å²) in [7, 11) is 0. The zero-order valence-electron chi connectivity index (χ0n) is 7.77. The first-order chi connectivity index (χ1) is 5.77. The summed E-state index contributed by atoms with van der Waals surface area (Å²) in [4.78, 5) is 10.4. The second kappa shape index (κ2) is 9.08. The van der Waals surface area contributed by atoms with Crippen LogP contribution in [0.15, 0.2) is 0 Å². The number of nitrogens with one attached hydrogen (secondary N) is 1. The molecule has 0 aliphatic carbocycles. The molecule has 0 aromatic heterocycles. The first-order valence-corrected chi connectivity index (χ1v) is 5.58. The summed E-state index contributed by atoms with van der Waals surface area (Å²) in [6.45, 7) is 3.03. The number of hydrogen-bond donors (Lipinski definition) is 1. The van der Waals surface area contributed by atoms with Crippen LogP contribution in [-0.4, -0.2) is 27.4 Å². The molecule has 1 amide bonds. The molecule has 2 nitrogen and oxygen atoms in total.